The van der Waals surface area contributed by atoms with Crippen LogP contribution in [0.1, 0.15) is 19.4 Å². The number of benzene rings is 1. The van der Waals surface area contributed by atoms with Gasteiger partial charge in [0, 0.05) is 0 Å². The smallest absolute Gasteiger partial charge is 0.261 e. The Kier molecular flexibility index (Phi) is 4.57. The summed E-state index contributed by atoms with van der Waals surface area (Å²) >= 11 is 0. The fourth-order valence-corrected chi connectivity index (χ4v) is 2.07. The molecule has 0 bridgehead atoms. The molecule has 0 spiro atoms. The number of piperazine rings is 1. The molecule has 1 aromatic carbocycles. The molecule has 1 aliphatic heterocycles. The van der Waals surface area contributed by atoms with Gasteiger partial charge in [0.1, 0.15) is 18.3 Å². The predicted molar refractivity (Wildman–Crippen MR) is 75.6 cm³/mol. The number of nitrogens with one attached hydrogen (secondary N) is 1. The summed E-state index contributed by atoms with van der Waals surface area (Å²) in [6, 6.07) is 6.79. The lowest BCUT2D eigenvalue weighted by molar-refractivity contribution is -0.150. The van der Waals surface area contributed by atoms with Gasteiger partial charge in [0.2, 0.25) is 11.8 Å². The number of hydrogen-bond donors (Lipinski definition) is 1. The summed E-state index contributed by atoms with van der Waals surface area (Å²) in [5.74, 6) is -0.739. The number of carbonyl (C=O) groups excluding carboxylic acids is 3. The molecule has 1 unspecified atom stereocenters. The van der Waals surface area contributed by atoms with Gasteiger partial charge >= 0.3 is 0 Å². The molecule has 2 rings (SSSR count). The number of imide groups is 1. The van der Waals surface area contributed by atoms with E-state index in [1.165, 1.54) is 10.5 Å². The van der Waals surface area contributed by atoms with Crippen LogP contribution in [0.15, 0.2) is 24.3 Å². The third kappa shape index (κ3) is 3.59. The van der Waals surface area contributed by atoms with Crippen molar-refractivity contribution in [2.24, 2.45) is 0 Å². The molecule has 0 saturated carbocycles. The Bertz CT molecular complexity index is 553. The van der Waals surface area contributed by atoms with E-state index in [-0.39, 0.29) is 19.1 Å². The van der Waals surface area contributed by atoms with Gasteiger partial charge in [-0.25, -0.2) is 0 Å². The van der Waals surface area contributed by atoms with Crippen molar-refractivity contribution >= 4 is 17.7 Å². The number of ether oxygens (including phenoxy) is 1. The van der Waals surface area contributed by atoms with Crippen LogP contribution in [0, 0.1) is 0 Å². The van der Waals surface area contributed by atoms with E-state index in [9.17, 15) is 14.4 Å². The molecule has 6 nitrogen and oxygen atoms in total. The van der Waals surface area contributed by atoms with Crippen LogP contribution in [0.2, 0.25) is 0 Å². The molecule has 1 atom stereocenters. The number of carbonyl (C=O) groups is 3. The van der Waals surface area contributed by atoms with Crippen LogP contribution in [-0.4, -0.2) is 41.8 Å². The highest BCUT2D eigenvalue weighted by atomic mass is 16.5. The SMILES string of the molecule is CCc1ccc(OCC(=O)N2CC(=O)NC(=O)C2C)cc1. The second kappa shape index (κ2) is 6.39. The van der Waals surface area contributed by atoms with Gasteiger partial charge in [0.25, 0.3) is 5.91 Å². The van der Waals surface area contributed by atoms with Crippen LogP contribution in [0.4, 0.5) is 0 Å². The first-order valence-electron chi connectivity index (χ1n) is 6.86. The zero-order valence-corrected chi connectivity index (χ0v) is 12.1. The first-order chi connectivity index (χ1) is 10.0. The maximum Gasteiger partial charge on any atom is 0.261 e. The molecule has 112 valence electrons. The molecular weight excluding hydrogens is 272 g/mol. The van der Waals surface area contributed by atoms with Gasteiger partial charge in [0.15, 0.2) is 6.61 Å². The van der Waals surface area contributed by atoms with Crippen molar-refractivity contribution in [2.45, 2.75) is 26.3 Å². The topological polar surface area (TPSA) is 75.7 Å². The standard InChI is InChI=1S/C15H18N2O4/c1-3-11-4-6-12(7-5-11)21-9-14(19)17-8-13(18)16-15(20)10(17)2/h4-7,10H,3,8-9H2,1-2H3,(H,16,18,20). The second-order valence-corrected chi connectivity index (χ2v) is 4.90. The van der Waals surface area contributed by atoms with Gasteiger partial charge in [-0.2, -0.15) is 0 Å². The summed E-state index contributed by atoms with van der Waals surface area (Å²) < 4.78 is 5.41. The second-order valence-electron chi connectivity index (χ2n) is 4.90. The van der Waals surface area contributed by atoms with Crippen LogP contribution >= 0.6 is 0 Å². The number of amides is 3. The van der Waals surface area contributed by atoms with Gasteiger partial charge in [-0.15, -0.1) is 0 Å². The summed E-state index contributed by atoms with van der Waals surface area (Å²) in [5.41, 5.74) is 1.18. The average molecular weight is 290 g/mol. The van der Waals surface area contributed by atoms with Crippen molar-refractivity contribution in [3.05, 3.63) is 29.8 Å². The minimum Gasteiger partial charge on any atom is -0.484 e. The van der Waals surface area contributed by atoms with E-state index in [1.54, 1.807) is 19.1 Å². The number of rotatable bonds is 4. The largest absolute Gasteiger partial charge is 0.484 e. The monoisotopic (exact) mass is 290 g/mol. The maximum absolute atomic E-state index is 12.1. The predicted octanol–water partition coefficient (Wildman–Crippen LogP) is 0.501. The van der Waals surface area contributed by atoms with E-state index in [0.717, 1.165) is 6.42 Å². The molecule has 6 heteroatoms. The molecule has 0 aromatic heterocycles. The zero-order valence-electron chi connectivity index (χ0n) is 12.1. The molecule has 0 radical (unpaired) electrons. The fourth-order valence-electron chi connectivity index (χ4n) is 2.07. The molecule has 1 saturated heterocycles. The van der Waals surface area contributed by atoms with Crippen LogP contribution in [-0.2, 0) is 20.8 Å². The summed E-state index contributed by atoms with van der Waals surface area (Å²) in [4.78, 5) is 36.1. The zero-order chi connectivity index (χ0) is 15.4. The number of nitrogens with zero attached hydrogens (tertiary/aromatic N) is 1. The van der Waals surface area contributed by atoms with Crippen molar-refractivity contribution < 1.29 is 19.1 Å². The van der Waals surface area contributed by atoms with Crippen molar-refractivity contribution in [1.82, 2.24) is 10.2 Å². The highest BCUT2D eigenvalue weighted by molar-refractivity contribution is 6.04. The third-order valence-electron chi connectivity index (χ3n) is 3.44. The third-order valence-corrected chi connectivity index (χ3v) is 3.44. The molecule has 3 amide bonds. The highest BCUT2D eigenvalue weighted by Crippen LogP contribution is 2.13. The van der Waals surface area contributed by atoms with E-state index < -0.39 is 17.9 Å². The Morgan fingerprint density at radius 3 is 2.62 bits per heavy atom. The lowest BCUT2D eigenvalue weighted by Crippen LogP contribution is -2.59. The number of hydrogen-bond acceptors (Lipinski definition) is 4. The Labute approximate surface area is 123 Å². The van der Waals surface area contributed by atoms with Crippen LogP contribution in [0.25, 0.3) is 0 Å². The Morgan fingerprint density at radius 2 is 2.00 bits per heavy atom. The maximum atomic E-state index is 12.1. The lowest BCUT2D eigenvalue weighted by atomic mass is 10.2. The summed E-state index contributed by atoms with van der Waals surface area (Å²) in [6.45, 7) is 3.31. The number of aryl methyl sites for hydroxylation is 1. The molecule has 1 fully saturated rings. The van der Waals surface area contributed by atoms with Gasteiger partial charge in [0.05, 0.1) is 0 Å². The molecule has 1 N–H and O–H groups in total. The molecule has 21 heavy (non-hydrogen) atoms. The summed E-state index contributed by atoms with van der Waals surface area (Å²) in [5, 5.41) is 2.19. The molecule has 1 aromatic rings. The quantitative estimate of drug-likeness (QED) is 0.819. The minimum absolute atomic E-state index is 0.121. The van der Waals surface area contributed by atoms with Crippen LogP contribution < -0.4 is 10.1 Å². The minimum atomic E-state index is -0.665. The first kappa shape index (κ1) is 15.0. The van der Waals surface area contributed by atoms with Crippen molar-refractivity contribution in [2.75, 3.05) is 13.2 Å². The van der Waals surface area contributed by atoms with E-state index >= 15 is 0 Å². The van der Waals surface area contributed by atoms with Gasteiger partial charge < -0.3 is 9.64 Å². The van der Waals surface area contributed by atoms with Crippen molar-refractivity contribution in [3.63, 3.8) is 0 Å². The lowest BCUT2D eigenvalue weighted by Gasteiger charge is -2.31. The first-order valence-corrected chi connectivity index (χ1v) is 6.86. The van der Waals surface area contributed by atoms with Crippen LogP contribution in [0.3, 0.4) is 0 Å². The van der Waals surface area contributed by atoms with Crippen molar-refractivity contribution in [1.29, 1.82) is 0 Å². The normalized spacial score (nSPS) is 18.4. The highest BCUT2D eigenvalue weighted by Gasteiger charge is 2.33. The molecule has 1 aliphatic rings. The van der Waals surface area contributed by atoms with Gasteiger partial charge in [-0.05, 0) is 31.0 Å². The van der Waals surface area contributed by atoms with Gasteiger partial charge in [-0.1, -0.05) is 19.1 Å². The summed E-state index contributed by atoms with van der Waals surface area (Å²) in [7, 11) is 0. The van der Waals surface area contributed by atoms with E-state index in [1.807, 2.05) is 12.1 Å². The Morgan fingerprint density at radius 1 is 1.33 bits per heavy atom. The molecule has 1 heterocycles. The van der Waals surface area contributed by atoms with E-state index in [0.29, 0.717) is 5.75 Å². The average Bonchev–Trinajstić information content (AvgIpc) is 2.49. The Hall–Kier alpha value is -2.37. The van der Waals surface area contributed by atoms with E-state index in [4.69, 9.17) is 4.74 Å². The van der Waals surface area contributed by atoms with Crippen molar-refractivity contribution in [3.8, 4) is 5.75 Å². The van der Waals surface area contributed by atoms with Gasteiger partial charge in [-0.3, -0.25) is 19.7 Å². The fraction of sp³-hybridized carbons (Fsp3) is 0.400. The summed E-state index contributed by atoms with van der Waals surface area (Å²) in [6.07, 6.45) is 0.932. The molecule has 0 aliphatic carbocycles. The van der Waals surface area contributed by atoms with Crippen LogP contribution in [0.5, 0.6) is 5.75 Å². The van der Waals surface area contributed by atoms with E-state index in [2.05, 4.69) is 12.2 Å². The molecular formula is C15H18N2O4. The Balaban J connectivity index is 1.94.